The number of fused-ring (bicyclic) bond motifs is 2. The van der Waals surface area contributed by atoms with Crippen molar-refractivity contribution in [3.05, 3.63) is 29.6 Å². The van der Waals surface area contributed by atoms with Crippen molar-refractivity contribution in [1.29, 1.82) is 0 Å². The molecule has 2 aliphatic heterocycles. The van der Waals surface area contributed by atoms with Crippen LogP contribution in [0.3, 0.4) is 0 Å². The predicted molar refractivity (Wildman–Crippen MR) is 115 cm³/mol. The van der Waals surface area contributed by atoms with E-state index >= 15 is 0 Å². The number of rotatable bonds is 4. The third-order valence-corrected chi connectivity index (χ3v) is 7.06. The third-order valence-electron chi connectivity index (χ3n) is 7.06. The largest absolute Gasteiger partial charge is 0.444 e. The fraction of sp³-hybridized carbons (Fsp3) is 0.696. The van der Waals surface area contributed by atoms with Gasteiger partial charge in [-0.15, -0.1) is 0 Å². The number of aromatic nitrogens is 1. The van der Waals surface area contributed by atoms with E-state index in [1.54, 1.807) is 24.3 Å². The first-order chi connectivity index (χ1) is 14.6. The summed E-state index contributed by atoms with van der Waals surface area (Å²) in [5.74, 6) is 0.0970. The Balaban J connectivity index is 1.49. The van der Waals surface area contributed by atoms with E-state index in [9.17, 15) is 9.59 Å². The molecule has 1 aliphatic carbocycles. The molecule has 0 radical (unpaired) electrons. The minimum absolute atomic E-state index is 0.233. The van der Waals surface area contributed by atoms with E-state index in [0.717, 1.165) is 31.5 Å². The van der Waals surface area contributed by atoms with Gasteiger partial charge < -0.3 is 20.1 Å². The van der Waals surface area contributed by atoms with Crippen LogP contribution in [0.25, 0.3) is 0 Å². The van der Waals surface area contributed by atoms with Crippen molar-refractivity contribution in [1.82, 2.24) is 14.8 Å². The van der Waals surface area contributed by atoms with Gasteiger partial charge in [0.15, 0.2) is 0 Å². The number of methoxy groups -OCH3 is 1. The number of nitrogens with two attached hydrogens (primary N) is 1. The monoisotopic (exact) mass is 430 g/mol. The van der Waals surface area contributed by atoms with Crippen molar-refractivity contribution in [2.45, 2.75) is 57.3 Å². The van der Waals surface area contributed by atoms with Gasteiger partial charge in [0, 0.05) is 57.4 Å². The van der Waals surface area contributed by atoms with Crippen molar-refractivity contribution in [3.8, 4) is 0 Å². The molecule has 3 fully saturated rings. The smallest absolute Gasteiger partial charge is 0.410 e. The molecule has 2 bridgehead atoms. The molecule has 1 aromatic heterocycles. The normalized spacial score (nSPS) is 29.4. The molecule has 3 atom stereocenters. The van der Waals surface area contributed by atoms with E-state index in [1.165, 1.54) is 6.42 Å². The van der Waals surface area contributed by atoms with Crippen LogP contribution >= 0.6 is 0 Å². The molecule has 170 valence electrons. The lowest BCUT2D eigenvalue weighted by molar-refractivity contribution is -0.180. The molecule has 2 saturated heterocycles. The first kappa shape index (κ1) is 22.0. The van der Waals surface area contributed by atoms with Crippen LogP contribution in [0.15, 0.2) is 18.3 Å². The van der Waals surface area contributed by atoms with Gasteiger partial charge in [-0.3, -0.25) is 14.7 Å². The number of hydrogen-bond donors (Lipinski definition) is 1. The minimum atomic E-state index is -0.521. The average Bonchev–Trinajstić information content (AvgIpc) is 2.64. The van der Waals surface area contributed by atoms with Gasteiger partial charge in [-0.05, 0) is 51.3 Å². The molecule has 2 amide bonds. The summed E-state index contributed by atoms with van der Waals surface area (Å²) >= 11 is 0. The Hall–Kier alpha value is -2.19. The summed E-state index contributed by atoms with van der Waals surface area (Å²) in [6.45, 7) is 8.89. The number of likely N-dealkylation sites (tertiary alicyclic amines) is 2. The van der Waals surface area contributed by atoms with E-state index in [4.69, 9.17) is 15.2 Å². The third kappa shape index (κ3) is 4.03. The number of nitrogens with zero attached hydrogens (tertiary/aromatic N) is 3. The zero-order valence-corrected chi connectivity index (χ0v) is 19.0. The van der Waals surface area contributed by atoms with Gasteiger partial charge in [0.25, 0.3) is 5.91 Å². The Morgan fingerprint density at radius 1 is 1.16 bits per heavy atom. The lowest BCUT2D eigenvalue weighted by Gasteiger charge is -2.58. The van der Waals surface area contributed by atoms with Gasteiger partial charge in [-0.2, -0.15) is 0 Å². The number of carbonyl (C=O) groups excluding carboxylic acids is 2. The predicted octanol–water partition coefficient (Wildman–Crippen LogP) is 2.37. The van der Waals surface area contributed by atoms with Crippen LogP contribution in [0.5, 0.6) is 0 Å². The molecular weight excluding hydrogens is 396 g/mol. The highest BCUT2D eigenvalue weighted by atomic mass is 16.6. The molecule has 4 rings (SSSR count). The maximum absolute atomic E-state index is 12.3. The summed E-state index contributed by atoms with van der Waals surface area (Å²) in [7, 11) is 1.78. The van der Waals surface area contributed by atoms with E-state index < -0.39 is 17.1 Å². The minimum Gasteiger partial charge on any atom is -0.444 e. The molecule has 8 nitrogen and oxygen atoms in total. The topological polar surface area (TPSA) is 98.0 Å². The quantitative estimate of drug-likeness (QED) is 0.788. The van der Waals surface area contributed by atoms with Crippen molar-refractivity contribution in [2.24, 2.45) is 17.6 Å². The van der Waals surface area contributed by atoms with Gasteiger partial charge in [0.1, 0.15) is 16.9 Å². The highest BCUT2D eigenvalue weighted by Gasteiger charge is 2.55. The van der Waals surface area contributed by atoms with Crippen LogP contribution in [0, 0.1) is 11.8 Å². The lowest BCUT2D eigenvalue weighted by Crippen LogP contribution is -2.67. The first-order valence-corrected chi connectivity index (χ1v) is 11.2. The number of pyridine rings is 1. The van der Waals surface area contributed by atoms with Crippen LogP contribution < -0.4 is 5.73 Å². The molecule has 0 spiro atoms. The molecular formula is C23H34N4O4. The Morgan fingerprint density at radius 2 is 1.81 bits per heavy atom. The summed E-state index contributed by atoms with van der Waals surface area (Å²) in [6, 6.07) is 4.12. The van der Waals surface area contributed by atoms with E-state index in [-0.39, 0.29) is 11.8 Å². The van der Waals surface area contributed by atoms with Crippen LogP contribution in [0.1, 0.15) is 56.1 Å². The van der Waals surface area contributed by atoms with Crippen LogP contribution in [-0.2, 0) is 15.1 Å². The summed E-state index contributed by atoms with van der Waals surface area (Å²) in [6.07, 6.45) is 4.73. The van der Waals surface area contributed by atoms with Crippen LogP contribution in [-0.4, -0.2) is 71.7 Å². The van der Waals surface area contributed by atoms with Crippen molar-refractivity contribution < 1.29 is 19.1 Å². The summed E-state index contributed by atoms with van der Waals surface area (Å²) < 4.78 is 11.8. The molecule has 0 unspecified atom stereocenters. The summed E-state index contributed by atoms with van der Waals surface area (Å²) in [4.78, 5) is 32.4. The first-order valence-electron chi connectivity index (χ1n) is 11.2. The fourth-order valence-electron chi connectivity index (χ4n) is 5.66. The number of piperidine rings is 1. The number of amides is 2. The van der Waals surface area contributed by atoms with Gasteiger partial charge in [-0.1, -0.05) is 6.42 Å². The highest BCUT2D eigenvalue weighted by Crippen LogP contribution is 2.52. The molecule has 1 saturated carbocycles. The Kier molecular flexibility index (Phi) is 5.72. The number of hydrogen-bond acceptors (Lipinski definition) is 6. The van der Waals surface area contributed by atoms with Gasteiger partial charge in [-0.25, -0.2) is 4.79 Å². The molecule has 8 heteroatoms. The zero-order valence-electron chi connectivity index (χ0n) is 19.0. The maximum Gasteiger partial charge on any atom is 0.410 e. The Morgan fingerprint density at radius 3 is 2.35 bits per heavy atom. The standard InChI is InChI=1S/C23H34N4O4/c1-22(2,3)31-21(29)27-13-18(14-27)26-11-16-6-5-7-17(12-26)23(16,30-4)15-8-9-25-19(10-15)20(24)28/h8-10,16-18H,5-7,11-14H2,1-4H3,(H2,24,28)/t16-,17+,23-. The van der Waals surface area contributed by atoms with Crippen molar-refractivity contribution in [3.63, 3.8) is 0 Å². The Labute approximate surface area is 184 Å². The number of ether oxygens (including phenoxy) is 2. The molecule has 3 heterocycles. The zero-order chi connectivity index (χ0) is 22.4. The fourth-order valence-corrected chi connectivity index (χ4v) is 5.66. The van der Waals surface area contributed by atoms with Gasteiger partial charge in [0.2, 0.25) is 0 Å². The van der Waals surface area contributed by atoms with Crippen molar-refractivity contribution >= 4 is 12.0 Å². The van der Waals surface area contributed by atoms with Gasteiger partial charge in [0.05, 0.1) is 0 Å². The molecule has 1 aromatic rings. The van der Waals surface area contributed by atoms with E-state index in [0.29, 0.717) is 31.0 Å². The van der Waals surface area contributed by atoms with Crippen LogP contribution in [0.4, 0.5) is 4.79 Å². The van der Waals surface area contributed by atoms with E-state index in [1.807, 2.05) is 26.8 Å². The lowest BCUT2D eigenvalue weighted by atomic mass is 9.62. The molecule has 3 aliphatic rings. The van der Waals surface area contributed by atoms with Crippen molar-refractivity contribution in [2.75, 3.05) is 33.3 Å². The molecule has 2 N–H and O–H groups in total. The van der Waals surface area contributed by atoms with E-state index in [2.05, 4.69) is 9.88 Å². The Bertz CT molecular complexity index is 832. The number of carbonyl (C=O) groups is 2. The summed E-state index contributed by atoms with van der Waals surface area (Å²) in [5.41, 5.74) is 5.85. The summed E-state index contributed by atoms with van der Waals surface area (Å²) in [5, 5.41) is 0. The molecule has 31 heavy (non-hydrogen) atoms. The number of primary amides is 1. The highest BCUT2D eigenvalue weighted by molar-refractivity contribution is 5.90. The molecule has 0 aromatic carbocycles. The van der Waals surface area contributed by atoms with Crippen LogP contribution in [0.2, 0.25) is 0 Å². The second-order valence-corrected chi connectivity index (χ2v) is 10.1. The second kappa shape index (κ2) is 8.06. The maximum atomic E-state index is 12.3. The average molecular weight is 431 g/mol. The second-order valence-electron chi connectivity index (χ2n) is 10.1. The SMILES string of the molecule is CO[C@]1(c2ccnc(C(N)=O)c2)[C@@H]2CCC[C@H]1CN(C1CN(C(=O)OC(C)(C)C)C1)C2. The van der Waals surface area contributed by atoms with Gasteiger partial charge >= 0.3 is 6.09 Å².